The summed E-state index contributed by atoms with van der Waals surface area (Å²) in [7, 11) is 0. The first-order chi connectivity index (χ1) is 11.9. The molecule has 0 radical (unpaired) electrons. The fourth-order valence-corrected chi connectivity index (χ4v) is 3.28. The molecule has 5 heteroatoms. The van der Waals surface area contributed by atoms with Crippen molar-refractivity contribution in [2.75, 3.05) is 13.2 Å². The van der Waals surface area contributed by atoms with E-state index >= 15 is 0 Å². The standard InChI is InChI=1S/C20H38O5/c1-5-7-9-11-13-18(22)24-19(16(14-21)12-10-8-6-2)17-15-23-20(3,4)25-17/h16-17,19,21H,5-15H2,1-4H3/t16-,17+,19-/m0/s1. The van der Waals surface area contributed by atoms with Gasteiger partial charge in [0.1, 0.15) is 12.2 Å². The Morgan fingerprint density at radius 1 is 1.16 bits per heavy atom. The van der Waals surface area contributed by atoms with Gasteiger partial charge in [-0.2, -0.15) is 0 Å². The van der Waals surface area contributed by atoms with E-state index in [2.05, 4.69) is 13.8 Å². The van der Waals surface area contributed by atoms with Gasteiger partial charge in [0.05, 0.1) is 6.61 Å². The SMILES string of the molecule is CCCCCCC(=O)O[C@@H]([C@H](CO)CCCCC)[C@H]1COC(C)(C)O1. The topological polar surface area (TPSA) is 65.0 Å². The fourth-order valence-electron chi connectivity index (χ4n) is 3.28. The van der Waals surface area contributed by atoms with E-state index in [1.54, 1.807) is 0 Å². The molecule has 0 aliphatic carbocycles. The van der Waals surface area contributed by atoms with Crippen LogP contribution in [0.3, 0.4) is 0 Å². The Balaban J connectivity index is 2.64. The van der Waals surface area contributed by atoms with Crippen LogP contribution in [0, 0.1) is 5.92 Å². The second-order valence-electron chi connectivity index (χ2n) is 7.57. The molecule has 0 bridgehead atoms. The van der Waals surface area contributed by atoms with Gasteiger partial charge >= 0.3 is 5.97 Å². The van der Waals surface area contributed by atoms with Gasteiger partial charge in [0, 0.05) is 18.9 Å². The van der Waals surface area contributed by atoms with Gasteiger partial charge in [0.25, 0.3) is 0 Å². The van der Waals surface area contributed by atoms with Crippen LogP contribution in [-0.4, -0.2) is 42.3 Å². The molecule has 148 valence electrons. The average Bonchev–Trinajstić information content (AvgIpc) is 2.94. The van der Waals surface area contributed by atoms with Gasteiger partial charge in [0.15, 0.2) is 5.79 Å². The molecule has 0 saturated carbocycles. The van der Waals surface area contributed by atoms with Gasteiger partial charge in [-0.25, -0.2) is 0 Å². The number of carbonyl (C=O) groups is 1. The first-order valence-electron chi connectivity index (χ1n) is 10.1. The third kappa shape index (κ3) is 8.52. The van der Waals surface area contributed by atoms with Gasteiger partial charge in [-0.3, -0.25) is 4.79 Å². The van der Waals surface area contributed by atoms with Gasteiger partial charge in [-0.15, -0.1) is 0 Å². The van der Waals surface area contributed by atoms with E-state index in [-0.39, 0.29) is 24.6 Å². The Bertz CT molecular complexity index is 369. The molecule has 1 aliphatic rings. The molecule has 1 N–H and O–H groups in total. The van der Waals surface area contributed by atoms with Crippen molar-refractivity contribution in [2.45, 2.75) is 103 Å². The summed E-state index contributed by atoms with van der Waals surface area (Å²) in [4.78, 5) is 12.3. The number of unbranched alkanes of at least 4 members (excludes halogenated alkanes) is 5. The Morgan fingerprint density at radius 3 is 2.40 bits per heavy atom. The van der Waals surface area contributed by atoms with Crippen molar-refractivity contribution < 1.29 is 24.1 Å². The molecule has 1 aliphatic heterocycles. The number of hydrogen-bond acceptors (Lipinski definition) is 5. The smallest absolute Gasteiger partial charge is 0.306 e. The second kappa shape index (κ2) is 11.9. The van der Waals surface area contributed by atoms with Crippen LogP contribution < -0.4 is 0 Å². The molecule has 0 spiro atoms. The summed E-state index contributed by atoms with van der Waals surface area (Å²) < 4.78 is 17.4. The molecule has 1 rings (SSSR count). The van der Waals surface area contributed by atoms with E-state index < -0.39 is 11.9 Å². The number of ether oxygens (including phenoxy) is 3. The van der Waals surface area contributed by atoms with Crippen LogP contribution in [0.2, 0.25) is 0 Å². The number of esters is 1. The highest BCUT2D eigenvalue weighted by atomic mass is 16.8. The molecular formula is C20H38O5. The minimum absolute atomic E-state index is 0.00220. The first-order valence-corrected chi connectivity index (χ1v) is 10.1. The van der Waals surface area contributed by atoms with Gasteiger partial charge < -0.3 is 19.3 Å². The monoisotopic (exact) mass is 358 g/mol. The molecule has 3 atom stereocenters. The lowest BCUT2D eigenvalue weighted by molar-refractivity contribution is -0.178. The molecule has 0 aromatic rings. The molecule has 5 nitrogen and oxygen atoms in total. The minimum Gasteiger partial charge on any atom is -0.459 e. The lowest BCUT2D eigenvalue weighted by Gasteiger charge is -2.30. The van der Waals surface area contributed by atoms with Crippen LogP contribution in [0.5, 0.6) is 0 Å². The van der Waals surface area contributed by atoms with Gasteiger partial charge in [-0.1, -0.05) is 52.4 Å². The van der Waals surface area contributed by atoms with Crippen LogP contribution in [0.4, 0.5) is 0 Å². The second-order valence-corrected chi connectivity index (χ2v) is 7.57. The first kappa shape index (κ1) is 22.4. The highest BCUT2D eigenvalue weighted by Crippen LogP contribution is 2.30. The van der Waals surface area contributed by atoms with Crippen molar-refractivity contribution in [3.05, 3.63) is 0 Å². The maximum Gasteiger partial charge on any atom is 0.306 e. The fraction of sp³-hybridized carbons (Fsp3) is 0.950. The zero-order chi connectivity index (χ0) is 18.7. The summed E-state index contributed by atoms with van der Waals surface area (Å²) in [5.41, 5.74) is 0. The van der Waals surface area contributed by atoms with E-state index in [1.165, 1.54) is 0 Å². The van der Waals surface area contributed by atoms with Crippen LogP contribution >= 0.6 is 0 Å². The Kier molecular flexibility index (Phi) is 10.6. The zero-order valence-electron chi connectivity index (χ0n) is 16.6. The Labute approximate surface area is 153 Å². The number of hydrogen-bond donors (Lipinski definition) is 1. The third-order valence-electron chi connectivity index (χ3n) is 4.78. The summed E-state index contributed by atoms with van der Waals surface area (Å²) in [6.07, 6.45) is 7.94. The van der Waals surface area contributed by atoms with Gasteiger partial charge in [-0.05, 0) is 26.7 Å². The highest BCUT2D eigenvalue weighted by Gasteiger charge is 2.42. The van der Waals surface area contributed by atoms with E-state index in [9.17, 15) is 9.90 Å². The predicted octanol–water partition coefficient (Wildman–Crippen LogP) is 4.21. The van der Waals surface area contributed by atoms with E-state index in [0.717, 1.165) is 51.4 Å². The molecule has 25 heavy (non-hydrogen) atoms. The summed E-state index contributed by atoms with van der Waals surface area (Å²) in [6, 6.07) is 0. The molecule has 0 unspecified atom stereocenters. The van der Waals surface area contributed by atoms with E-state index in [0.29, 0.717) is 13.0 Å². The van der Waals surface area contributed by atoms with Crippen molar-refractivity contribution in [1.82, 2.24) is 0 Å². The zero-order valence-corrected chi connectivity index (χ0v) is 16.6. The molecular weight excluding hydrogens is 320 g/mol. The molecule has 0 aromatic carbocycles. The lowest BCUT2D eigenvalue weighted by atomic mass is 9.92. The van der Waals surface area contributed by atoms with Crippen molar-refractivity contribution in [1.29, 1.82) is 0 Å². The molecule has 1 saturated heterocycles. The normalized spacial score (nSPS) is 21.9. The molecule has 0 aromatic heterocycles. The maximum atomic E-state index is 12.3. The summed E-state index contributed by atoms with van der Waals surface area (Å²) in [5.74, 6) is -0.961. The predicted molar refractivity (Wildman–Crippen MR) is 98.3 cm³/mol. The lowest BCUT2D eigenvalue weighted by Crippen LogP contribution is -2.41. The van der Waals surface area contributed by atoms with Crippen molar-refractivity contribution in [3.63, 3.8) is 0 Å². The molecule has 0 amide bonds. The van der Waals surface area contributed by atoms with Crippen LogP contribution in [0.15, 0.2) is 0 Å². The van der Waals surface area contributed by atoms with E-state index in [4.69, 9.17) is 14.2 Å². The molecule has 1 fully saturated rings. The Morgan fingerprint density at radius 2 is 1.84 bits per heavy atom. The number of rotatable bonds is 13. The van der Waals surface area contributed by atoms with Crippen LogP contribution in [-0.2, 0) is 19.0 Å². The summed E-state index contributed by atoms with van der Waals surface area (Å²) in [5, 5.41) is 9.86. The van der Waals surface area contributed by atoms with Crippen LogP contribution in [0.25, 0.3) is 0 Å². The van der Waals surface area contributed by atoms with Crippen molar-refractivity contribution >= 4 is 5.97 Å². The minimum atomic E-state index is -0.667. The van der Waals surface area contributed by atoms with Crippen molar-refractivity contribution in [2.24, 2.45) is 5.92 Å². The summed E-state index contributed by atoms with van der Waals surface area (Å²) in [6.45, 7) is 8.42. The van der Waals surface area contributed by atoms with Crippen molar-refractivity contribution in [3.8, 4) is 0 Å². The molecule has 1 heterocycles. The number of carbonyl (C=O) groups excluding carboxylic acids is 1. The highest BCUT2D eigenvalue weighted by molar-refractivity contribution is 5.69. The average molecular weight is 359 g/mol. The summed E-state index contributed by atoms with van der Waals surface area (Å²) >= 11 is 0. The van der Waals surface area contributed by atoms with E-state index in [1.807, 2.05) is 13.8 Å². The maximum absolute atomic E-state index is 12.3. The van der Waals surface area contributed by atoms with Gasteiger partial charge in [0.2, 0.25) is 0 Å². The Hall–Kier alpha value is -0.650. The quantitative estimate of drug-likeness (QED) is 0.395. The third-order valence-corrected chi connectivity index (χ3v) is 4.78. The van der Waals surface area contributed by atoms with Crippen LogP contribution in [0.1, 0.15) is 85.5 Å². The number of aliphatic hydroxyl groups excluding tert-OH is 1. The largest absolute Gasteiger partial charge is 0.459 e. The number of aliphatic hydroxyl groups is 1.